The van der Waals surface area contributed by atoms with E-state index in [1.807, 2.05) is 13.8 Å². The molecule has 3 aliphatic rings. The monoisotopic (exact) mass is 425 g/mol. The summed E-state index contributed by atoms with van der Waals surface area (Å²) in [4.78, 5) is 26.4. The number of aromatic hydroxyl groups is 1. The summed E-state index contributed by atoms with van der Waals surface area (Å²) in [5, 5.41) is 13.5. The van der Waals surface area contributed by atoms with Crippen LogP contribution in [0, 0.1) is 0 Å². The minimum Gasteiger partial charge on any atom is -0.504 e. The van der Waals surface area contributed by atoms with Crippen molar-refractivity contribution in [2.45, 2.75) is 77.2 Å². The molecule has 1 aromatic rings. The van der Waals surface area contributed by atoms with Crippen LogP contribution in [0.1, 0.15) is 76.7 Å². The molecule has 31 heavy (non-hydrogen) atoms. The lowest BCUT2D eigenvalue weighted by Gasteiger charge is -2.35. The molecule has 1 heterocycles. The number of esters is 1. The average Bonchev–Trinajstić information content (AvgIpc) is 2.75. The second-order valence-electron chi connectivity index (χ2n) is 8.59. The first-order valence-corrected chi connectivity index (χ1v) is 11.4. The number of carbonyl (C=O) groups is 2. The van der Waals surface area contributed by atoms with E-state index in [1.165, 1.54) is 6.42 Å². The molecule has 2 N–H and O–H groups in total. The summed E-state index contributed by atoms with van der Waals surface area (Å²) in [6.45, 7) is 4.12. The number of nitrogens with one attached hydrogen (secondary N) is 1. The van der Waals surface area contributed by atoms with Crippen molar-refractivity contribution < 1.29 is 24.2 Å². The molecule has 1 atom stereocenters. The summed E-state index contributed by atoms with van der Waals surface area (Å²) < 4.78 is 11.5. The Morgan fingerprint density at radius 1 is 1.16 bits per heavy atom. The van der Waals surface area contributed by atoms with Crippen molar-refractivity contribution >= 4 is 11.8 Å². The molecule has 4 rings (SSSR count). The molecule has 6 heteroatoms. The van der Waals surface area contributed by atoms with Crippen molar-refractivity contribution in [1.82, 2.24) is 5.32 Å². The van der Waals surface area contributed by atoms with Crippen LogP contribution in [0.15, 0.2) is 40.7 Å². The summed E-state index contributed by atoms with van der Waals surface area (Å²) in [5.74, 6) is -0.449. The van der Waals surface area contributed by atoms with E-state index in [0.29, 0.717) is 29.9 Å². The molecule has 166 valence electrons. The second kappa shape index (κ2) is 9.16. The van der Waals surface area contributed by atoms with Crippen LogP contribution in [-0.2, 0) is 14.3 Å². The van der Waals surface area contributed by atoms with Crippen molar-refractivity contribution in [3.8, 4) is 11.5 Å². The minimum atomic E-state index is -0.528. The van der Waals surface area contributed by atoms with Crippen LogP contribution in [0.4, 0.5) is 0 Å². The molecule has 1 aromatic carbocycles. The van der Waals surface area contributed by atoms with Gasteiger partial charge < -0.3 is 19.9 Å². The fourth-order valence-electron chi connectivity index (χ4n) is 4.97. The SMILES string of the molecule is CCOc1cc(C2C(C(=O)OC3CCCCC3)=C(C)NC3=C2C(=O)CCC3)ccc1O. The molecule has 1 unspecified atom stereocenters. The first kappa shape index (κ1) is 21.5. The summed E-state index contributed by atoms with van der Waals surface area (Å²) in [7, 11) is 0. The van der Waals surface area contributed by atoms with Crippen molar-refractivity contribution in [2.24, 2.45) is 0 Å². The number of phenolic OH excluding ortho intramolecular Hbond substituents is 1. The average molecular weight is 426 g/mol. The van der Waals surface area contributed by atoms with Gasteiger partial charge in [0.15, 0.2) is 17.3 Å². The lowest BCUT2D eigenvalue weighted by Crippen LogP contribution is -2.35. The summed E-state index contributed by atoms with van der Waals surface area (Å²) >= 11 is 0. The summed E-state index contributed by atoms with van der Waals surface area (Å²) in [5.41, 5.74) is 3.48. The number of benzene rings is 1. The Kier molecular flexibility index (Phi) is 6.35. The molecular weight excluding hydrogens is 394 g/mol. The fourth-order valence-corrected chi connectivity index (χ4v) is 4.97. The molecule has 0 amide bonds. The molecule has 1 aliphatic heterocycles. The van der Waals surface area contributed by atoms with Gasteiger partial charge in [-0.15, -0.1) is 0 Å². The minimum absolute atomic E-state index is 0.0377. The van der Waals surface area contributed by atoms with E-state index < -0.39 is 5.92 Å². The first-order valence-electron chi connectivity index (χ1n) is 11.4. The van der Waals surface area contributed by atoms with Gasteiger partial charge in [-0.1, -0.05) is 12.5 Å². The Morgan fingerprint density at radius 3 is 2.68 bits per heavy atom. The van der Waals surface area contributed by atoms with Crippen LogP contribution in [0.5, 0.6) is 11.5 Å². The Hall–Kier alpha value is -2.76. The van der Waals surface area contributed by atoms with Crippen LogP contribution in [0.2, 0.25) is 0 Å². The number of allylic oxidation sites excluding steroid dienone is 3. The van der Waals surface area contributed by atoms with Gasteiger partial charge in [-0.2, -0.15) is 0 Å². The molecule has 1 saturated carbocycles. The molecule has 0 aromatic heterocycles. The highest BCUT2D eigenvalue weighted by Crippen LogP contribution is 2.44. The number of Topliss-reactive ketones (excluding diaryl/α,β-unsaturated/α-hetero) is 1. The van der Waals surface area contributed by atoms with E-state index in [1.54, 1.807) is 18.2 Å². The van der Waals surface area contributed by atoms with Gasteiger partial charge in [-0.3, -0.25) is 4.79 Å². The molecule has 0 radical (unpaired) electrons. The van der Waals surface area contributed by atoms with E-state index in [4.69, 9.17) is 9.47 Å². The molecule has 1 fully saturated rings. The van der Waals surface area contributed by atoms with Crippen molar-refractivity contribution in [3.63, 3.8) is 0 Å². The van der Waals surface area contributed by atoms with Gasteiger partial charge >= 0.3 is 5.97 Å². The standard InChI is InChI=1S/C25H31NO5/c1-3-30-21-14-16(12-13-19(21)27)23-22(25(29)31-17-8-5-4-6-9-17)15(2)26-18-10-7-11-20(28)24(18)23/h12-14,17,23,26-27H,3-11H2,1-2H3. The van der Waals surface area contributed by atoms with Gasteiger partial charge in [0, 0.05) is 29.3 Å². The highest BCUT2D eigenvalue weighted by atomic mass is 16.5. The largest absolute Gasteiger partial charge is 0.504 e. The molecule has 0 saturated heterocycles. The van der Waals surface area contributed by atoms with E-state index in [9.17, 15) is 14.7 Å². The quantitative estimate of drug-likeness (QED) is 0.669. The van der Waals surface area contributed by atoms with Gasteiger partial charge in [0.25, 0.3) is 0 Å². The van der Waals surface area contributed by atoms with Crippen LogP contribution in [0.3, 0.4) is 0 Å². The van der Waals surface area contributed by atoms with Crippen molar-refractivity contribution in [1.29, 1.82) is 0 Å². The van der Waals surface area contributed by atoms with Crippen molar-refractivity contribution in [2.75, 3.05) is 6.61 Å². The zero-order chi connectivity index (χ0) is 22.0. The molecular formula is C25H31NO5. The van der Waals surface area contributed by atoms with E-state index >= 15 is 0 Å². The number of hydrogen-bond donors (Lipinski definition) is 2. The number of phenols is 1. The Balaban J connectivity index is 1.76. The maximum absolute atomic E-state index is 13.4. The predicted molar refractivity (Wildman–Crippen MR) is 117 cm³/mol. The molecule has 2 aliphatic carbocycles. The van der Waals surface area contributed by atoms with Gasteiger partial charge in [0.1, 0.15) is 6.10 Å². The number of dihydropyridines is 1. The zero-order valence-electron chi connectivity index (χ0n) is 18.3. The molecule has 6 nitrogen and oxygen atoms in total. The fraction of sp³-hybridized carbons (Fsp3) is 0.520. The van der Waals surface area contributed by atoms with E-state index in [0.717, 1.165) is 55.5 Å². The topological polar surface area (TPSA) is 84.9 Å². The Morgan fingerprint density at radius 2 is 1.94 bits per heavy atom. The van der Waals surface area contributed by atoms with Gasteiger partial charge in [-0.25, -0.2) is 4.79 Å². The Labute approximate surface area is 183 Å². The lowest BCUT2D eigenvalue weighted by molar-refractivity contribution is -0.146. The van der Waals surface area contributed by atoms with Crippen LogP contribution in [-0.4, -0.2) is 29.6 Å². The van der Waals surface area contributed by atoms with Crippen molar-refractivity contribution in [3.05, 3.63) is 46.3 Å². The van der Waals surface area contributed by atoms with Gasteiger partial charge in [-0.05, 0) is 70.1 Å². The third kappa shape index (κ3) is 4.34. The van der Waals surface area contributed by atoms with E-state index in [-0.39, 0.29) is 23.6 Å². The third-order valence-corrected chi connectivity index (χ3v) is 6.44. The Bertz CT molecular complexity index is 939. The van der Waals surface area contributed by atoms with Crippen LogP contribution in [0.25, 0.3) is 0 Å². The normalized spacial score (nSPS) is 22.1. The third-order valence-electron chi connectivity index (χ3n) is 6.44. The number of rotatable bonds is 5. The first-order chi connectivity index (χ1) is 15.0. The number of ether oxygens (including phenoxy) is 2. The molecule has 0 spiro atoms. The van der Waals surface area contributed by atoms with Gasteiger partial charge in [0.05, 0.1) is 12.2 Å². The van der Waals surface area contributed by atoms with Gasteiger partial charge in [0.2, 0.25) is 0 Å². The predicted octanol–water partition coefficient (Wildman–Crippen LogP) is 4.63. The zero-order valence-corrected chi connectivity index (χ0v) is 18.3. The number of carbonyl (C=O) groups excluding carboxylic acids is 2. The highest BCUT2D eigenvalue weighted by molar-refractivity contribution is 6.03. The summed E-state index contributed by atoms with van der Waals surface area (Å²) in [6, 6.07) is 5.07. The molecule has 0 bridgehead atoms. The summed E-state index contributed by atoms with van der Waals surface area (Å²) in [6.07, 6.45) is 7.06. The van der Waals surface area contributed by atoms with Crippen LogP contribution < -0.4 is 10.1 Å². The number of hydrogen-bond acceptors (Lipinski definition) is 6. The number of ketones is 1. The van der Waals surface area contributed by atoms with Crippen LogP contribution >= 0.6 is 0 Å². The second-order valence-corrected chi connectivity index (χ2v) is 8.59. The smallest absolute Gasteiger partial charge is 0.337 e. The maximum Gasteiger partial charge on any atom is 0.337 e. The van der Waals surface area contributed by atoms with E-state index in [2.05, 4.69) is 5.32 Å². The maximum atomic E-state index is 13.4. The highest BCUT2D eigenvalue weighted by Gasteiger charge is 2.40. The lowest BCUT2D eigenvalue weighted by atomic mass is 9.75.